The van der Waals surface area contributed by atoms with Crippen molar-refractivity contribution in [3.8, 4) is 0 Å². The Morgan fingerprint density at radius 2 is 1.74 bits per heavy atom. The molecule has 0 heterocycles. The van der Waals surface area contributed by atoms with Gasteiger partial charge in [-0.3, -0.25) is 0 Å². The maximum Gasteiger partial charge on any atom is 0.0789 e. The first kappa shape index (κ1) is 16.1. The number of aliphatic hydroxyl groups excluding tert-OH is 1. The van der Waals surface area contributed by atoms with Crippen molar-refractivity contribution in [1.82, 2.24) is 0 Å². The van der Waals surface area contributed by atoms with Gasteiger partial charge in [-0.1, -0.05) is 26.0 Å². The molecular weight excluding hydrogens is 288 g/mol. The summed E-state index contributed by atoms with van der Waals surface area (Å²) in [5.74, 6) is 0.796. The summed E-state index contributed by atoms with van der Waals surface area (Å²) in [6.07, 6.45) is 5.92. The second-order valence-corrected chi connectivity index (χ2v) is 9.95. The molecule has 4 fully saturated rings. The van der Waals surface area contributed by atoms with Gasteiger partial charge in [0.2, 0.25) is 0 Å². The fourth-order valence-electron chi connectivity index (χ4n) is 7.02. The van der Waals surface area contributed by atoms with Gasteiger partial charge in [-0.15, -0.1) is 0 Å². The smallest absolute Gasteiger partial charge is 0.0789 e. The van der Waals surface area contributed by atoms with E-state index >= 15 is 0 Å². The van der Waals surface area contributed by atoms with E-state index in [2.05, 4.69) is 6.58 Å². The topological polar surface area (TPSA) is 60.7 Å². The van der Waals surface area contributed by atoms with Crippen LogP contribution in [0.4, 0.5) is 0 Å². The highest BCUT2D eigenvalue weighted by Gasteiger charge is 2.66. The molecular formula is C20H32O3. The third-order valence-corrected chi connectivity index (χ3v) is 8.67. The van der Waals surface area contributed by atoms with Crippen LogP contribution in [0.5, 0.6) is 0 Å². The van der Waals surface area contributed by atoms with Crippen LogP contribution in [0.1, 0.15) is 65.7 Å². The molecule has 0 aromatic rings. The van der Waals surface area contributed by atoms with Crippen LogP contribution in [0.3, 0.4) is 0 Å². The third-order valence-electron chi connectivity index (χ3n) is 8.67. The zero-order valence-corrected chi connectivity index (χ0v) is 14.8. The highest BCUT2D eigenvalue weighted by Crippen LogP contribution is 2.68. The number of fused-ring (bicyclic) bond motifs is 2. The van der Waals surface area contributed by atoms with Gasteiger partial charge in [0, 0.05) is 11.3 Å². The van der Waals surface area contributed by atoms with E-state index in [0.717, 1.165) is 44.1 Å². The molecule has 4 rings (SSSR count). The Balaban J connectivity index is 1.76. The van der Waals surface area contributed by atoms with Crippen molar-refractivity contribution in [2.24, 2.45) is 28.6 Å². The molecule has 4 aliphatic rings. The normalized spacial score (nSPS) is 57.7. The molecule has 0 amide bonds. The predicted octanol–water partition coefficient (Wildman–Crippen LogP) is 3.03. The van der Waals surface area contributed by atoms with Gasteiger partial charge >= 0.3 is 0 Å². The van der Waals surface area contributed by atoms with Gasteiger partial charge in [0.15, 0.2) is 0 Å². The zero-order chi connectivity index (χ0) is 16.8. The summed E-state index contributed by atoms with van der Waals surface area (Å²) in [6, 6.07) is 0. The number of hydrogen-bond acceptors (Lipinski definition) is 3. The van der Waals surface area contributed by atoms with Gasteiger partial charge in [0.1, 0.15) is 0 Å². The highest BCUT2D eigenvalue weighted by atomic mass is 16.3. The van der Waals surface area contributed by atoms with Crippen LogP contribution in [0.25, 0.3) is 0 Å². The van der Waals surface area contributed by atoms with Gasteiger partial charge in [-0.05, 0) is 69.1 Å². The minimum atomic E-state index is -0.862. The van der Waals surface area contributed by atoms with Crippen molar-refractivity contribution < 1.29 is 15.3 Å². The second-order valence-electron chi connectivity index (χ2n) is 9.95. The predicted molar refractivity (Wildman–Crippen MR) is 89.7 cm³/mol. The molecule has 0 aromatic heterocycles. The maximum atomic E-state index is 11.6. The molecule has 130 valence electrons. The molecule has 0 radical (unpaired) electrons. The largest absolute Gasteiger partial charge is 0.392 e. The van der Waals surface area contributed by atoms with Crippen LogP contribution in [0.15, 0.2) is 12.2 Å². The van der Waals surface area contributed by atoms with E-state index < -0.39 is 22.7 Å². The summed E-state index contributed by atoms with van der Waals surface area (Å²) in [4.78, 5) is 0. The summed E-state index contributed by atoms with van der Waals surface area (Å²) in [6.45, 7) is 10.5. The zero-order valence-electron chi connectivity index (χ0n) is 14.8. The van der Waals surface area contributed by atoms with Crippen LogP contribution < -0.4 is 0 Å². The lowest BCUT2D eigenvalue weighted by molar-refractivity contribution is -0.102. The van der Waals surface area contributed by atoms with E-state index in [0.29, 0.717) is 18.3 Å². The Labute approximate surface area is 139 Å². The first-order valence-electron chi connectivity index (χ1n) is 9.35. The Bertz CT molecular complexity index is 551. The lowest BCUT2D eigenvalue weighted by Gasteiger charge is -2.41. The quantitative estimate of drug-likeness (QED) is 0.601. The summed E-state index contributed by atoms with van der Waals surface area (Å²) in [5.41, 5.74) is -0.646. The highest BCUT2D eigenvalue weighted by molar-refractivity contribution is 5.28. The molecule has 4 aliphatic carbocycles. The fraction of sp³-hybridized carbons (Fsp3) is 0.900. The Kier molecular flexibility index (Phi) is 3.09. The van der Waals surface area contributed by atoms with E-state index in [4.69, 9.17) is 0 Å². The summed E-state index contributed by atoms with van der Waals surface area (Å²) < 4.78 is 0. The molecule has 0 aliphatic heterocycles. The third kappa shape index (κ3) is 1.82. The van der Waals surface area contributed by atoms with Gasteiger partial charge in [0.25, 0.3) is 0 Å². The van der Waals surface area contributed by atoms with Crippen LogP contribution in [-0.2, 0) is 0 Å². The second kappa shape index (κ2) is 4.42. The molecule has 4 saturated carbocycles. The molecule has 3 nitrogen and oxygen atoms in total. The summed E-state index contributed by atoms with van der Waals surface area (Å²) >= 11 is 0. The fourth-order valence-corrected chi connectivity index (χ4v) is 7.02. The van der Waals surface area contributed by atoms with Crippen LogP contribution in [0, 0.1) is 28.6 Å². The molecule has 7 atom stereocenters. The van der Waals surface area contributed by atoms with Gasteiger partial charge in [-0.25, -0.2) is 0 Å². The van der Waals surface area contributed by atoms with Gasteiger partial charge in [0.05, 0.1) is 17.3 Å². The van der Waals surface area contributed by atoms with Crippen molar-refractivity contribution >= 4 is 0 Å². The lowest BCUT2D eigenvalue weighted by atomic mass is 9.63. The molecule has 3 heteroatoms. The molecule has 0 saturated heterocycles. The van der Waals surface area contributed by atoms with Crippen molar-refractivity contribution in [2.45, 2.75) is 83.0 Å². The average Bonchev–Trinajstić information content (AvgIpc) is 2.73. The van der Waals surface area contributed by atoms with E-state index in [1.807, 2.05) is 20.8 Å². The molecule has 23 heavy (non-hydrogen) atoms. The number of hydrogen-bond donors (Lipinski definition) is 3. The Morgan fingerprint density at radius 1 is 1.04 bits per heavy atom. The van der Waals surface area contributed by atoms with Gasteiger partial charge in [-0.2, -0.15) is 0 Å². The van der Waals surface area contributed by atoms with E-state index in [9.17, 15) is 15.3 Å². The van der Waals surface area contributed by atoms with Gasteiger partial charge < -0.3 is 15.3 Å². The maximum absolute atomic E-state index is 11.6. The van der Waals surface area contributed by atoms with Crippen molar-refractivity contribution in [3.05, 3.63) is 12.2 Å². The molecule has 3 N–H and O–H groups in total. The lowest BCUT2D eigenvalue weighted by Crippen LogP contribution is -2.48. The first-order valence-corrected chi connectivity index (χ1v) is 9.35. The SMILES string of the molecule is C=C1[C@H]2C[C@@H](O)C(C)(C)[C@]2(O)CC[C@@]23C[C@@H](CC[C@@H]12)[C@](C)(O)C3. The monoisotopic (exact) mass is 320 g/mol. The average molecular weight is 320 g/mol. The summed E-state index contributed by atoms with van der Waals surface area (Å²) in [7, 11) is 0. The molecule has 1 spiro atoms. The minimum Gasteiger partial charge on any atom is -0.392 e. The van der Waals surface area contributed by atoms with Crippen molar-refractivity contribution in [1.29, 1.82) is 0 Å². The van der Waals surface area contributed by atoms with Crippen LogP contribution >= 0.6 is 0 Å². The number of aliphatic hydroxyl groups is 3. The van der Waals surface area contributed by atoms with E-state index in [1.165, 1.54) is 0 Å². The Hall–Kier alpha value is -0.380. The molecule has 0 aromatic carbocycles. The van der Waals surface area contributed by atoms with Crippen LogP contribution in [-0.4, -0.2) is 32.6 Å². The number of rotatable bonds is 0. The standard InChI is InChI=1S/C20H32O3/c1-12-14-6-5-13-10-19(14,11-18(13,4)22)7-8-20(23)15(12)9-16(21)17(20,2)3/h13-16,21-23H,1,5-11H2,2-4H3/t13-,14+,15-,16-,18-,19+,20+/m1/s1. The Morgan fingerprint density at radius 3 is 2.43 bits per heavy atom. The first-order chi connectivity index (χ1) is 10.5. The minimum absolute atomic E-state index is 0.000950. The molecule has 0 unspecified atom stereocenters. The van der Waals surface area contributed by atoms with E-state index in [-0.39, 0.29) is 11.3 Å². The van der Waals surface area contributed by atoms with Crippen molar-refractivity contribution in [2.75, 3.05) is 0 Å². The van der Waals surface area contributed by atoms with E-state index in [1.54, 1.807) is 0 Å². The molecule has 2 bridgehead atoms. The van der Waals surface area contributed by atoms with Crippen molar-refractivity contribution in [3.63, 3.8) is 0 Å². The summed E-state index contributed by atoms with van der Waals surface area (Å²) in [5, 5.41) is 33.0. The van der Waals surface area contributed by atoms with Crippen LogP contribution in [0.2, 0.25) is 0 Å².